The first-order chi connectivity index (χ1) is 10.0. The third kappa shape index (κ3) is 4.67. The minimum Gasteiger partial charge on any atom is -0.469 e. The number of nitrogens with zero attached hydrogens (tertiary/aromatic N) is 1. The standard InChI is InChI=1S/C17H22N2O2/c1-13(10-17-8-5-9-21-17)18-16-7-4-6-15(11-16)12-19(3)14(2)20/h4-9,11,13,18H,10,12H2,1-3H3. The zero-order valence-corrected chi connectivity index (χ0v) is 12.8. The van der Waals surface area contributed by atoms with Crippen LogP contribution in [0.4, 0.5) is 5.69 Å². The van der Waals surface area contributed by atoms with E-state index in [0.29, 0.717) is 6.54 Å². The number of hydrogen-bond donors (Lipinski definition) is 1. The number of carbonyl (C=O) groups is 1. The zero-order chi connectivity index (χ0) is 15.2. The summed E-state index contributed by atoms with van der Waals surface area (Å²) in [5.41, 5.74) is 2.17. The molecule has 1 atom stereocenters. The molecule has 4 heteroatoms. The highest BCUT2D eigenvalue weighted by Crippen LogP contribution is 2.15. The molecular weight excluding hydrogens is 264 g/mol. The van der Waals surface area contributed by atoms with Crippen LogP contribution in [0, 0.1) is 0 Å². The van der Waals surface area contributed by atoms with Gasteiger partial charge in [-0.15, -0.1) is 0 Å². The molecular formula is C17H22N2O2. The maximum absolute atomic E-state index is 11.3. The normalized spacial score (nSPS) is 12.0. The highest BCUT2D eigenvalue weighted by atomic mass is 16.3. The van der Waals surface area contributed by atoms with Crippen LogP contribution in [0.3, 0.4) is 0 Å². The molecule has 1 amide bonds. The van der Waals surface area contributed by atoms with Crippen LogP contribution in [0.25, 0.3) is 0 Å². The quantitative estimate of drug-likeness (QED) is 0.886. The number of furan rings is 1. The van der Waals surface area contributed by atoms with Crippen molar-refractivity contribution in [1.82, 2.24) is 4.90 Å². The molecule has 1 aromatic carbocycles. The second kappa shape index (κ2) is 6.97. The van der Waals surface area contributed by atoms with E-state index in [1.807, 2.05) is 37.4 Å². The fourth-order valence-corrected chi connectivity index (χ4v) is 2.21. The summed E-state index contributed by atoms with van der Waals surface area (Å²) in [6.45, 7) is 4.32. The molecule has 1 aromatic heterocycles. The van der Waals surface area contributed by atoms with Crippen molar-refractivity contribution in [3.8, 4) is 0 Å². The molecule has 2 aromatic rings. The molecule has 0 aliphatic heterocycles. The predicted octanol–water partition coefficient (Wildman–Crippen LogP) is 3.30. The molecule has 0 spiro atoms. The minimum absolute atomic E-state index is 0.0690. The number of amides is 1. The van der Waals surface area contributed by atoms with Gasteiger partial charge < -0.3 is 14.6 Å². The van der Waals surface area contributed by atoms with Gasteiger partial charge in [-0.3, -0.25) is 4.79 Å². The van der Waals surface area contributed by atoms with Crippen LogP contribution in [0.1, 0.15) is 25.2 Å². The fourth-order valence-electron chi connectivity index (χ4n) is 2.21. The van der Waals surface area contributed by atoms with Crippen molar-refractivity contribution >= 4 is 11.6 Å². The molecule has 2 rings (SSSR count). The van der Waals surface area contributed by atoms with Crippen LogP contribution in [-0.2, 0) is 17.8 Å². The Morgan fingerprint density at radius 3 is 2.81 bits per heavy atom. The molecule has 1 N–H and O–H groups in total. The first-order valence-corrected chi connectivity index (χ1v) is 7.14. The second-order valence-electron chi connectivity index (χ2n) is 5.40. The van der Waals surface area contributed by atoms with Gasteiger partial charge in [0.15, 0.2) is 0 Å². The van der Waals surface area contributed by atoms with Gasteiger partial charge in [0, 0.05) is 38.7 Å². The van der Waals surface area contributed by atoms with E-state index in [2.05, 4.69) is 18.3 Å². The molecule has 0 aliphatic rings. The molecule has 112 valence electrons. The number of rotatable bonds is 6. The Labute approximate surface area is 125 Å². The number of carbonyl (C=O) groups excluding carboxylic acids is 1. The Hall–Kier alpha value is -2.23. The van der Waals surface area contributed by atoms with E-state index >= 15 is 0 Å². The van der Waals surface area contributed by atoms with Gasteiger partial charge >= 0.3 is 0 Å². The van der Waals surface area contributed by atoms with E-state index in [1.165, 1.54) is 0 Å². The van der Waals surface area contributed by atoms with Crippen molar-refractivity contribution in [3.63, 3.8) is 0 Å². The zero-order valence-electron chi connectivity index (χ0n) is 12.8. The summed E-state index contributed by atoms with van der Waals surface area (Å²) in [7, 11) is 1.81. The Bertz CT molecular complexity index is 578. The van der Waals surface area contributed by atoms with Gasteiger partial charge in [-0.1, -0.05) is 12.1 Å². The third-order valence-electron chi connectivity index (χ3n) is 3.38. The Morgan fingerprint density at radius 2 is 2.14 bits per heavy atom. The van der Waals surface area contributed by atoms with Crippen LogP contribution < -0.4 is 5.32 Å². The number of hydrogen-bond acceptors (Lipinski definition) is 3. The lowest BCUT2D eigenvalue weighted by Crippen LogP contribution is -2.23. The second-order valence-corrected chi connectivity index (χ2v) is 5.40. The summed E-state index contributed by atoms with van der Waals surface area (Å²) in [6, 6.07) is 12.3. The van der Waals surface area contributed by atoms with E-state index in [9.17, 15) is 4.79 Å². The van der Waals surface area contributed by atoms with Crippen LogP contribution in [0.5, 0.6) is 0 Å². The molecule has 0 fully saturated rings. The highest BCUT2D eigenvalue weighted by molar-refractivity contribution is 5.72. The van der Waals surface area contributed by atoms with Gasteiger partial charge in [-0.2, -0.15) is 0 Å². The lowest BCUT2D eigenvalue weighted by Gasteiger charge is -2.17. The minimum atomic E-state index is 0.0690. The maximum Gasteiger partial charge on any atom is 0.219 e. The molecule has 4 nitrogen and oxygen atoms in total. The van der Waals surface area contributed by atoms with Crippen molar-refractivity contribution in [3.05, 3.63) is 54.0 Å². The Balaban J connectivity index is 1.95. The fraction of sp³-hybridized carbons (Fsp3) is 0.353. The van der Waals surface area contributed by atoms with Gasteiger partial charge in [-0.25, -0.2) is 0 Å². The van der Waals surface area contributed by atoms with Crippen LogP contribution >= 0.6 is 0 Å². The van der Waals surface area contributed by atoms with E-state index in [1.54, 1.807) is 18.1 Å². The summed E-state index contributed by atoms with van der Waals surface area (Å²) >= 11 is 0. The first-order valence-electron chi connectivity index (χ1n) is 7.14. The van der Waals surface area contributed by atoms with E-state index in [0.717, 1.165) is 23.4 Å². The topological polar surface area (TPSA) is 45.5 Å². The Morgan fingerprint density at radius 1 is 1.33 bits per heavy atom. The monoisotopic (exact) mass is 286 g/mol. The number of anilines is 1. The Kier molecular flexibility index (Phi) is 5.04. The summed E-state index contributed by atoms with van der Waals surface area (Å²) in [5, 5.41) is 3.46. The summed E-state index contributed by atoms with van der Waals surface area (Å²) in [4.78, 5) is 13.0. The third-order valence-corrected chi connectivity index (χ3v) is 3.38. The molecule has 0 bridgehead atoms. The van der Waals surface area contributed by atoms with Crippen LogP contribution in [0.2, 0.25) is 0 Å². The molecule has 0 aliphatic carbocycles. The largest absolute Gasteiger partial charge is 0.469 e. The summed E-state index contributed by atoms with van der Waals surface area (Å²) in [5.74, 6) is 1.04. The lowest BCUT2D eigenvalue weighted by molar-refractivity contribution is -0.128. The summed E-state index contributed by atoms with van der Waals surface area (Å²) in [6.07, 6.45) is 2.53. The van der Waals surface area contributed by atoms with Gasteiger partial charge in [-0.05, 0) is 36.8 Å². The smallest absolute Gasteiger partial charge is 0.219 e. The molecule has 1 heterocycles. The van der Waals surface area contributed by atoms with Gasteiger partial charge in [0.1, 0.15) is 5.76 Å². The molecule has 0 radical (unpaired) electrons. The van der Waals surface area contributed by atoms with Crippen LogP contribution in [-0.4, -0.2) is 23.9 Å². The van der Waals surface area contributed by atoms with Crippen LogP contribution in [0.15, 0.2) is 47.1 Å². The molecule has 1 unspecified atom stereocenters. The van der Waals surface area contributed by atoms with E-state index < -0.39 is 0 Å². The van der Waals surface area contributed by atoms with Gasteiger partial charge in [0.2, 0.25) is 5.91 Å². The maximum atomic E-state index is 11.3. The van der Waals surface area contributed by atoms with Gasteiger partial charge in [0.05, 0.1) is 6.26 Å². The van der Waals surface area contributed by atoms with Crippen molar-refractivity contribution in [1.29, 1.82) is 0 Å². The first kappa shape index (κ1) is 15.2. The van der Waals surface area contributed by atoms with Crippen molar-refractivity contribution in [2.24, 2.45) is 0 Å². The molecule has 0 saturated heterocycles. The molecule has 0 saturated carbocycles. The SMILES string of the molecule is CC(=O)N(C)Cc1cccc(NC(C)Cc2ccco2)c1. The van der Waals surface area contributed by atoms with Gasteiger partial charge in [0.25, 0.3) is 0 Å². The summed E-state index contributed by atoms with van der Waals surface area (Å²) < 4.78 is 5.36. The average molecular weight is 286 g/mol. The molecule has 21 heavy (non-hydrogen) atoms. The lowest BCUT2D eigenvalue weighted by atomic mass is 10.1. The number of benzene rings is 1. The van der Waals surface area contributed by atoms with E-state index in [-0.39, 0.29) is 11.9 Å². The highest BCUT2D eigenvalue weighted by Gasteiger charge is 2.07. The van der Waals surface area contributed by atoms with Crippen molar-refractivity contribution in [2.45, 2.75) is 32.9 Å². The van der Waals surface area contributed by atoms with Crippen molar-refractivity contribution in [2.75, 3.05) is 12.4 Å². The van der Waals surface area contributed by atoms with E-state index in [4.69, 9.17) is 4.42 Å². The number of nitrogens with one attached hydrogen (secondary N) is 1. The van der Waals surface area contributed by atoms with Crippen molar-refractivity contribution < 1.29 is 9.21 Å². The predicted molar refractivity (Wildman–Crippen MR) is 84.1 cm³/mol. The average Bonchev–Trinajstić information content (AvgIpc) is 2.91.